The highest BCUT2D eigenvalue weighted by molar-refractivity contribution is 5.92. The molecule has 1 aromatic carbocycles. The summed E-state index contributed by atoms with van der Waals surface area (Å²) in [5.41, 5.74) is 4.95. The topological polar surface area (TPSA) is 130 Å². The van der Waals surface area contributed by atoms with Crippen molar-refractivity contribution in [3.8, 4) is 0 Å². The number of hydrogen-bond acceptors (Lipinski definition) is 4. The van der Waals surface area contributed by atoms with E-state index < -0.39 is 35.8 Å². The molecular weight excluding hydrogens is 264 g/mol. The molecule has 0 saturated heterocycles. The minimum Gasteiger partial charge on any atom is -0.481 e. The first kappa shape index (κ1) is 15.6. The number of rotatable bonds is 6. The second-order valence-corrected chi connectivity index (χ2v) is 4.53. The number of nitrogens with one attached hydrogen (secondary N) is 1. The van der Waals surface area contributed by atoms with Crippen molar-refractivity contribution in [1.82, 2.24) is 5.32 Å². The Morgan fingerprint density at radius 1 is 1.25 bits per heavy atom. The molecule has 7 heteroatoms. The lowest BCUT2D eigenvalue weighted by Crippen LogP contribution is -2.54. The zero-order chi connectivity index (χ0) is 15.3. The van der Waals surface area contributed by atoms with Crippen molar-refractivity contribution < 1.29 is 24.6 Å². The molecule has 0 aliphatic rings. The lowest BCUT2D eigenvalue weighted by atomic mass is 9.92. The molecule has 7 nitrogen and oxygen atoms in total. The van der Waals surface area contributed by atoms with Crippen molar-refractivity contribution in [3.63, 3.8) is 0 Å². The van der Waals surface area contributed by atoms with Gasteiger partial charge >= 0.3 is 11.9 Å². The highest BCUT2D eigenvalue weighted by Crippen LogP contribution is 2.17. The van der Waals surface area contributed by atoms with Crippen LogP contribution in [0, 0.1) is 0 Å². The van der Waals surface area contributed by atoms with E-state index in [9.17, 15) is 14.4 Å². The first-order valence-electron chi connectivity index (χ1n) is 5.85. The van der Waals surface area contributed by atoms with Gasteiger partial charge in [-0.1, -0.05) is 30.3 Å². The molecular formula is C13H16N2O5. The van der Waals surface area contributed by atoms with Gasteiger partial charge in [0, 0.05) is 0 Å². The van der Waals surface area contributed by atoms with Crippen LogP contribution in [0.1, 0.15) is 18.9 Å². The summed E-state index contributed by atoms with van der Waals surface area (Å²) in [6.07, 6.45) is -0.716. The van der Waals surface area contributed by atoms with E-state index in [1.807, 2.05) is 0 Å². The molecule has 1 amide bonds. The number of carbonyl (C=O) groups excluding carboxylic acids is 1. The normalized spacial score (nSPS) is 14.9. The fourth-order valence-electron chi connectivity index (χ4n) is 1.60. The van der Waals surface area contributed by atoms with E-state index in [2.05, 4.69) is 5.32 Å². The summed E-state index contributed by atoms with van der Waals surface area (Å²) < 4.78 is 0. The Balaban J connectivity index is 2.88. The molecule has 0 fully saturated rings. The third kappa shape index (κ3) is 3.79. The maximum Gasteiger partial charge on any atom is 0.326 e. The average molecular weight is 280 g/mol. The van der Waals surface area contributed by atoms with Crippen LogP contribution in [0.15, 0.2) is 30.3 Å². The van der Waals surface area contributed by atoms with Crippen LogP contribution in [0.5, 0.6) is 0 Å². The fourth-order valence-corrected chi connectivity index (χ4v) is 1.60. The van der Waals surface area contributed by atoms with Gasteiger partial charge in [-0.3, -0.25) is 9.59 Å². The lowest BCUT2D eigenvalue weighted by Gasteiger charge is -2.25. The summed E-state index contributed by atoms with van der Waals surface area (Å²) >= 11 is 0. The number of nitrogens with two attached hydrogens (primary N) is 1. The number of benzene rings is 1. The van der Waals surface area contributed by atoms with Gasteiger partial charge in [0.25, 0.3) is 0 Å². The van der Waals surface area contributed by atoms with Crippen LogP contribution in [0.3, 0.4) is 0 Å². The predicted octanol–water partition coefficient (Wildman–Crippen LogP) is -0.0954. The molecule has 2 atom stereocenters. The van der Waals surface area contributed by atoms with Crippen molar-refractivity contribution in [2.24, 2.45) is 5.73 Å². The summed E-state index contributed by atoms with van der Waals surface area (Å²) in [5.74, 6) is -3.50. The maximum absolute atomic E-state index is 12.1. The molecule has 20 heavy (non-hydrogen) atoms. The van der Waals surface area contributed by atoms with E-state index in [-0.39, 0.29) is 0 Å². The average Bonchev–Trinajstić information content (AvgIpc) is 2.38. The Hall–Kier alpha value is -2.41. The van der Waals surface area contributed by atoms with Gasteiger partial charge in [0.05, 0.1) is 6.42 Å². The van der Waals surface area contributed by atoms with Crippen molar-refractivity contribution >= 4 is 17.8 Å². The molecule has 0 bridgehead atoms. The molecule has 0 aliphatic heterocycles. The van der Waals surface area contributed by atoms with E-state index >= 15 is 0 Å². The van der Waals surface area contributed by atoms with E-state index in [4.69, 9.17) is 15.9 Å². The van der Waals surface area contributed by atoms with Crippen LogP contribution in [0.25, 0.3) is 0 Å². The second-order valence-electron chi connectivity index (χ2n) is 4.53. The molecule has 108 valence electrons. The third-order valence-corrected chi connectivity index (χ3v) is 2.83. The van der Waals surface area contributed by atoms with Crippen LogP contribution < -0.4 is 11.1 Å². The summed E-state index contributed by atoms with van der Waals surface area (Å²) in [7, 11) is 0. The Morgan fingerprint density at radius 2 is 1.80 bits per heavy atom. The van der Waals surface area contributed by atoms with Crippen LogP contribution in [0.4, 0.5) is 0 Å². The first-order chi connectivity index (χ1) is 9.25. The minimum atomic E-state index is -1.52. The highest BCUT2D eigenvalue weighted by atomic mass is 16.4. The Kier molecular flexibility index (Phi) is 4.82. The van der Waals surface area contributed by atoms with Crippen LogP contribution in [0.2, 0.25) is 0 Å². The van der Waals surface area contributed by atoms with Gasteiger partial charge in [-0.2, -0.15) is 0 Å². The number of aliphatic carboxylic acids is 2. The second kappa shape index (κ2) is 6.16. The standard InChI is InChI=1S/C13H16N2O5/c1-13(14,8-5-3-2-4-6-8)12(20)15-9(11(18)19)7-10(16)17/h2-6,9H,7,14H2,1H3,(H,15,20)(H,16,17)(H,18,19). The fraction of sp³-hybridized carbons (Fsp3) is 0.308. The molecule has 0 saturated carbocycles. The number of amides is 1. The zero-order valence-corrected chi connectivity index (χ0v) is 10.9. The monoisotopic (exact) mass is 280 g/mol. The van der Waals surface area contributed by atoms with Gasteiger partial charge in [-0.15, -0.1) is 0 Å². The Bertz CT molecular complexity index is 513. The first-order valence-corrected chi connectivity index (χ1v) is 5.85. The van der Waals surface area contributed by atoms with Crippen LogP contribution in [-0.4, -0.2) is 34.1 Å². The Morgan fingerprint density at radius 3 is 2.25 bits per heavy atom. The number of carbonyl (C=O) groups is 3. The number of carboxylic acids is 2. The van der Waals surface area contributed by atoms with E-state index in [0.29, 0.717) is 5.56 Å². The van der Waals surface area contributed by atoms with Gasteiger partial charge < -0.3 is 21.3 Å². The molecule has 0 radical (unpaired) electrons. The largest absolute Gasteiger partial charge is 0.481 e. The van der Waals surface area contributed by atoms with Gasteiger partial charge in [-0.25, -0.2) is 4.79 Å². The molecule has 0 spiro atoms. The van der Waals surface area contributed by atoms with Gasteiger partial charge in [-0.05, 0) is 12.5 Å². The van der Waals surface area contributed by atoms with Crippen LogP contribution >= 0.6 is 0 Å². The van der Waals surface area contributed by atoms with Crippen molar-refractivity contribution in [2.45, 2.75) is 24.9 Å². The quantitative estimate of drug-likeness (QED) is 0.576. The molecule has 5 N–H and O–H groups in total. The zero-order valence-electron chi connectivity index (χ0n) is 10.9. The predicted molar refractivity (Wildman–Crippen MR) is 69.8 cm³/mol. The number of hydrogen-bond donors (Lipinski definition) is 4. The smallest absolute Gasteiger partial charge is 0.326 e. The number of carboxylic acid groups (broad SMARTS) is 2. The maximum atomic E-state index is 12.1. The molecule has 0 aromatic heterocycles. The SMILES string of the molecule is CC(N)(C(=O)NC(CC(=O)O)C(=O)O)c1ccccc1. The molecule has 2 unspecified atom stereocenters. The molecule has 0 aliphatic carbocycles. The van der Waals surface area contributed by atoms with Gasteiger partial charge in [0.1, 0.15) is 11.6 Å². The summed E-state index contributed by atoms with van der Waals surface area (Å²) in [6, 6.07) is 6.88. The minimum absolute atomic E-state index is 0.497. The van der Waals surface area contributed by atoms with Crippen molar-refractivity contribution in [1.29, 1.82) is 0 Å². The highest BCUT2D eigenvalue weighted by Gasteiger charge is 2.34. The third-order valence-electron chi connectivity index (χ3n) is 2.83. The molecule has 0 heterocycles. The van der Waals surface area contributed by atoms with Gasteiger partial charge in [0.15, 0.2) is 0 Å². The van der Waals surface area contributed by atoms with Crippen molar-refractivity contribution in [3.05, 3.63) is 35.9 Å². The van der Waals surface area contributed by atoms with E-state index in [0.717, 1.165) is 0 Å². The lowest BCUT2D eigenvalue weighted by molar-refractivity contribution is -0.147. The molecule has 1 rings (SSSR count). The molecule has 1 aromatic rings. The van der Waals surface area contributed by atoms with Crippen molar-refractivity contribution in [2.75, 3.05) is 0 Å². The Labute approximate surface area is 115 Å². The van der Waals surface area contributed by atoms with Crippen LogP contribution in [-0.2, 0) is 19.9 Å². The summed E-state index contributed by atoms with van der Waals surface area (Å²) in [4.78, 5) is 33.6. The van der Waals surface area contributed by atoms with E-state index in [1.165, 1.54) is 6.92 Å². The van der Waals surface area contributed by atoms with Gasteiger partial charge in [0.2, 0.25) is 5.91 Å². The summed E-state index contributed by atoms with van der Waals surface area (Å²) in [6.45, 7) is 1.43. The van der Waals surface area contributed by atoms with E-state index in [1.54, 1.807) is 30.3 Å². The summed E-state index contributed by atoms with van der Waals surface area (Å²) in [5, 5.41) is 19.7.